The van der Waals surface area contributed by atoms with Gasteiger partial charge >= 0.3 is 0 Å². The average Bonchev–Trinajstić information content (AvgIpc) is 2.94. The van der Waals surface area contributed by atoms with E-state index >= 15 is 4.57 Å². The van der Waals surface area contributed by atoms with Crippen molar-refractivity contribution in [3.8, 4) is 11.3 Å². The van der Waals surface area contributed by atoms with Crippen LogP contribution in [0.4, 0.5) is 0 Å². The highest BCUT2D eigenvalue weighted by Crippen LogP contribution is 2.48. The summed E-state index contributed by atoms with van der Waals surface area (Å²) in [7, 11) is -3.37. The molecule has 0 saturated heterocycles. The minimum absolute atomic E-state index is 0.141. The normalized spacial score (nSPS) is 12.0. The lowest BCUT2D eigenvalue weighted by atomic mass is 9.98. The molecule has 0 fully saturated rings. The molecule has 6 rings (SSSR count). The van der Waals surface area contributed by atoms with Crippen LogP contribution >= 0.6 is 7.14 Å². The average molecular weight is 555 g/mol. The third-order valence-electron chi connectivity index (χ3n) is 7.76. The molecule has 0 radical (unpaired) electrons. The topological polar surface area (TPSA) is 42.9 Å². The van der Waals surface area contributed by atoms with Crippen LogP contribution in [-0.2, 0) is 4.57 Å². The highest BCUT2D eigenvalue weighted by atomic mass is 31.2. The molecule has 1 aromatic heterocycles. The molecule has 0 bridgehead atoms. The highest BCUT2D eigenvalue weighted by Gasteiger charge is 2.35. The Bertz CT molecular complexity index is 1910. The first kappa shape index (κ1) is 27.1. The summed E-state index contributed by atoms with van der Waals surface area (Å²) in [5, 5.41) is 5.59. The summed E-state index contributed by atoms with van der Waals surface area (Å²) in [5.74, 6) is 0.924. The molecule has 0 atom stereocenters. The predicted molar refractivity (Wildman–Crippen MR) is 175 cm³/mol. The van der Waals surface area contributed by atoms with E-state index in [2.05, 4.69) is 120 Å². The van der Waals surface area contributed by atoms with Gasteiger partial charge in [0.2, 0.25) is 0 Å². The molecule has 204 valence electrons. The fourth-order valence-corrected chi connectivity index (χ4v) is 9.23. The van der Waals surface area contributed by atoms with Crippen LogP contribution < -0.4 is 15.9 Å². The van der Waals surface area contributed by atoms with Crippen LogP contribution in [0.3, 0.4) is 0 Å². The third kappa shape index (κ3) is 4.79. The minimum Gasteiger partial charge on any atom is -0.309 e. The number of aryl methyl sites for hydroxylation is 4. The molecule has 1 heterocycles. The third-order valence-corrected chi connectivity index (χ3v) is 10.8. The van der Waals surface area contributed by atoms with E-state index in [0.29, 0.717) is 0 Å². The van der Waals surface area contributed by atoms with Gasteiger partial charge in [0.15, 0.2) is 7.14 Å². The highest BCUT2D eigenvalue weighted by molar-refractivity contribution is 7.85. The van der Waals surface area contributed by atoms with Gasteiger partial charge < -0.3 is 4.57 Å². The quantitative estimate of drug-likeness (QED) is 0.201. The van der Waals surface area contributed by atoms with Gasteiger partial charge in [0.1, 0.15) is 5.82 Å². The SMILES string of the molecule is Cc1cc(C)cc(P(=O)(c2cc(C)cc(C)c2)c2ccc3ccccc3c2-c2nc(C(C)C)nc3ccccc23)c1. The van der Waals surface area contributed by atoms with Crippen LogP contribution in [0.1, 0.15) is 47.8 Å². The first-order valence-corrected chi connectivity index (χ1v) is 15.9. The molecular formula is C37H35N2OP. The lowest BCUT2D eigenvalue weighted by molar-refractivity contribution is 0.592. The first-order chi connectivity index (χ1) is 19.6. The van der Waals surface area contributed by atoms with Crippen LogP contribution in [0.15, 0.2) is 97.1 Å². The fourth-order valence-electron chi connectivity index (χ4n) is 6.01. The Morgan fingerprint density at radius 2 is 1.15 bits per heavy atom. The molecule has 0 unspecified atom stereocenters. The number of hydrogen-bond acceptors (Lipinski definition) is 3. The summed E-state index contributed by atoms with van der Waals surface area (Å²) < 4.78 is 16.2. The van der Waals surface area contributed by atoms with Gasteiger partial charge in [0.05, 0.1) is 11.2 Å². The molecule has 3 nitrogen and oxygen atoms in total. The number of nitrogens with zero attached hydrogens (tertiary/aromatic N) is 2. The minimum atomic E-state index is -3.37. The van der Waals surface area contributed by atoms with Crippen molar-refractivity contribution < 1.29 is 4.57 Å². The molecule has 41 heavy (non-hydrogen) atoms. The molecule has 0 amide bonds. The monoisotopic (exact) mass is 554 g/mol. The van der Waals surface area contributed by atoms with Gasteiger partial charge in [0, 0.05) is 32.8 Å². The summed E-state index contributed by atoms with van der Waals surface area (Å²) in [6, 6.07) is 33.4. The van der Waals surface area contributed by atoms with Gasteiger partial charge in [-0.1, -0.05) is 96.8 Å². The van der Waals surface area contributed by atoms with E-state index in [1.54, 1.807) is 0 Å². The molecule has 0 saturated carbocycles. The van der Waals surface area contributed by atoms with Crippen molar-refractivity contribution in [1.82, 2.24) is 9.97 Å². The number of benzene rings is 5. The smallest absolute Gasteiger partial charge is 0.171 e. The van der Waals surface area contributed by atoms with Gasteiger partial charge in [-0.3, -0.25) is 0 Å². The van der Waals surface area contributed by atoms with Crippen LogP contribution in [-0.4, -0.2) is 9.97 Å². The van der Waals surface area contributed by atoms with Crippen LogP contribution in [0.5, 0.6) is 0 Å². The van der Waals surface area contributed by atoms with Crippen LogP contribution in [0, 0.1) is 27.7 Å². The molecule has 6 aromatic rings. The Balaban J connectivity index is 1.83. The first-order valence-electron chi connectivity index (χ1n) is 14.2. The molecule has 4 heteroatoms. The van der Waals surface area contributed by atoms with E-state index < -0.39 is 7.14 Å². The second-order valence-corrected chi connectivity index (χ2v) is 14.3. The summed E-state index contributed by atoms with van der Waals surface area (Å²) in [4.78, 5) is 10.1. The zero-order valence-electron chi connectivity index (χ0n) is 24.6. The second kappa shape index (κ2) is 10.4. The summed E-state index contributed by atoms with van der Waals surface area (Å²) in [6.45, 7) is 12.6. The van der Waals surface area contributed by atoms with Crippen LogP contribution in [0.25, 0.3) is 32.9 Å². The maximum absolute atomic E-state index is 16.2. The number of fused-ring (bicyclic) bond motifs is 2. The van der Waals surface area contributed by atoms with E-state index in [1.807, 2.05) is 18.2 Å². The van der Waals surface area contributed by atoms with Gasteiger partial charge in [0.25, 0.3) is 0 Å². The molecule has 0 aliphatic heterocycles. The number of aromatic nitrogens is 2. The summed E-state index contributed by atoms with van der Waals surface area (Å²) in [6.07, 6.45) is 0. The van der Waals surface area contributed by atoms with Crippen molar-refractivity contribution in [2.24, 2.45) is 0 Å². The summed E-state index contributed by atoms with van der Waals surface area (Å²) in [5.41, 5.74) is 7.05. The van der Waals surface area contributed by atoms with E-state index in [1.165, 1.54) is 0 Å². The predicted octanol–water partition coefficient (Wildman–Crippen LogP) is 8.45. The molecule has 0 spiro atoms. The van der Waals surface area contributed by atoms with Gasteiger partial charge in [-0.2, -0.15) is 0 Å². The van der Waals surface area contributed by atoms with E-state index in [-0.39, 0.29) is 5.92 Å². The largest absolute Gasteiger partial charge is 0.309 e. The fraction of sp³-hybridized carbons (Fsp3) is 0.189. The number of para-hydroxylation sites is 1. The molecule has 0 N–H and O–H groups in total. The molecule has 5 aromatic carbocycles. The van der Waals surface area contributed by atoms with Crippen molar-refractivity contribution in [3.05, 3.63) is 125 Å². The Labute approximate surface area is 242 Å². The van der Waals surface area contributed by atoms with E-state index in [9.17, 15) is 0 Å². The van der Waals surface area contributed by atoms with Crippen molar-refractivity contribution in [2.45, 2.75) is 47.5 Å². The van der Waals surface area contributed by atoms with Gasteiger partial charge in [-0.05, 0) is 74.9 Å². The zero-order valence-corrected chi connectivity index (χ0v) is 25.5. The van der Waals surface area contributed by atoms with Crippen molar-refractivity contribution >= 4 is 44.7 Å². The maximum Gasteiger partial charge on any atom is 0.171 e. The Kier molecular flexibility index (Phi) is 6.88. The Hall–Kier alpha value is -4.07. The molecule has 0 aliphatic rings. The van der Waals surface area contributed by atoms with Crippen LogP contribution in [0.2, 0.25) is 0 Å². The lowest BCUT2D eigenvalue weighted by Gasteiger charge is -2.26. The van der Waals surface area contributed by atoms with Crippen molar-refractivity contribution in [2.75, 3.05) is 0 Å². The van der Waals surface area contributed by atoms with E-state index in [0.717, 1.165) is 76.9 Å². The Morgan fingerprint density at radius 1 is 0.610 bits per heavy atom. The molecule has 0 aliphatic carbocycles. The molecular weight excluding hydrogens is 519 g/mol. The van der Waals surface area contributed by atoms with Gasteiger partial charge in [-0.15, -0.1) is 0 Å². The Morgan fingerprint density at radius 3 is 1.73 bits per heavy atom. The van der Waals surface area contributed by atoms with Crippen molar-refractivity contribution in [1.29, 1.82) is 0 Å². The van der Waals surface area contributed by atoms with Gasteiger partial charge in [-0.25, -0.2) is 9.97 Å². The van der Waals surface area contributed by atoms with E-state index in [4.69, 9.17) is 9.97 Å². The number of hydrogen-bond donors (Lipinski definition) is 0. The van der Waals surface area contributed by atoms with Crippen molar-refractivity contribution in [3.63, 3.8) is 0 Å². The zero-order chi connectivity index (χ0) is 28.9. The summed E-state index contributed by atoms with van der Waals surface area (Å²) >= 11 is 0. The number of rotatable bonds is 5. The maximum atomic E-state index is 16.2. The lowest BCUT2D eigenvalue weighted by Crippen LogP contribution is -2.28. The second-order valence-electron chi connectivity index (χ2n) is 11.6. The standard InChI is InChI=1S/C37H35N2OP/c1-23(2)37-38-33-14-10-9-13-32(33)36(39-37)35-31-12-8-7-11-28(31)15-16-34(35)41(40,29-19-24(3)17-25(4)20-29)30-21-26(5)18-27(6)22-30/h7-23H,1-6H3.